The number of thiocarbonyl (C=S) groups is 1. The average Bonchev–Trinajstić information content (AvgIpc) is 3.07. The Balaban J connectivity index is 1.94. The van der Waals surface area contributed by atoms with Crippen LogP contribution in [0.25, 0.3) is 10.2 Å². The summed E-state index contributed by atoms with van der Waals surface area (Å²) in [5.74, 6) is 0.790. The van der Waals surface area contributed by atoms with Crippen molar-refractivity contribution in [1.82, 2.24) is 15.0 Å². The summed E-state index contributed by atoms with van der Waals surface area (Å²) in [6, 6.07) is 3.90. The average molecular weight is 376 g/mol. The molecular formula is C16H14ClN5S2. The van der Waals surface area contributed by atoms with Gasteiger partial charge < -0.3 is 0 Å². The molecule has 0 bridgehead atoms. The number of benzene rings is 1. The number of fused-ring (bicyclic) bond motifs is 2. The number of halogens is 1. The minimum Gasteiger partial charge on any atom is -0.268 e. The van der Waals surface area contributed by atoms with Crippen LogP contribution in [0.15, 0.2) is 18.5 Å². The number of hydrogen-bond donors (Lipinski definition) is 0. The maximum absolute atomic E-state index is 9.39. The molecule has 5 nitrogen and oxygen atoms in total. The predicted octanol–water partition coefficient (Wildman–Crippen LogP) is 4.02. The number of rotatable bonds is 1. The SMILES string of the molecule is C=C1N(c2c(Cl)cc(C#N)c3sc(C)nc23)C(=S)N2CCCCN12. The zero-order valence-electron chi connectivity index (χ0n) is 13.0. The summed E-state index contributed by atoms with van der Waals surface area (Å²) in [4.78, 5) is 6.51. The van der Waals surface area contributed by atoms with Gasteiger partial charge in [0.15, 0.2) is 0 Å². The van der Waals surface area contributed by atoms with Crippen LogP contribution in [0.5, 0.6) is 0 Å². The standard InChI is InChI=1S/C16H14ClN5S2/c1-9-19-13-14(12(17)7-11(8-18)15(13)24-9)22-10(2)20-5-3-4-6-21(20)16(22)23/h7H,2-6H2,1H3. The summed E-state index contributed by atoms with van der Waals surface area (Å²) in [6.07, 6.45) is 2.21. The van der Waals surface area contributed by atoms with Crippen LogP contribution in [-0.2, 0) is 0 Å². The van der Waals surface area contributed by atoms with E-state index in [1.807, 2.05) is 11.8 Å². The lowest BCUT2D eigenvalue weighted by Gasteiger charge is -2.33. The lowest BCUT2D eigenvalue weighted by molar-refractivity contribution is 0.0757. The Bertz CT molecular complexity index is 905. The molecular weight excluding hydrogens is 362 g/mol. The fourth-order valence-corrected chi connectivity index (χ4v) is 4.79. The molecule has 0 N–H and O–H groups in total. The first-order valence-electron chi connectivity index (χ1n) is 7.60. The van der Waals surface area contributed by atoms with E-state index in [1.54, 1.807) is 6.07 Å². The molecule has 1 aromatic heterocycles. The molecule has 2 aliphatic heterocycles. The van der Waals surface area contributed by atoms with Crippen molar-refractivity contribution in [2.45, 2.75) is 19.8 Å². The highest BCUT2D eigenvalue weighted by atomic mass is 35.5. The van der Waals surface area contributed by atoms with Crippen molar-refractivity contribution < 1.29 is 0 Å². The van der Waals surface area contributed by atoms with Crippen LogP contribution < -0.4 is 4.90 Å². The molecule has 122 valence electrons. The number of aromatic nitrogens is 1. The molecule has 3 heterocycles. The van der Waals surface area contributed by atoms with E-state index in [4.69, 9.17) is 23.8 Å². The largest absolute Gasteiger partial charge is 0.268 e. The van der Waals surface area contributed by atoms with Crippen LogP contribution in [-0.4, -0.2) is 33.2 Å². The van der Waals surface area contributed by atoms with E-state index >= 15 is 0 Å². The third-order valence-corrected chi connectivity index (χ3v) is 5.98. The van der Waals surface area contributed by atoms with Gasteiger partial charge in [0.05, 0.1) is 26.0 Å². The van der Waals surface area contributed by atoms with Gasteiger partial charge in [-0.3, -0.25) is 14.9 Å². The predicted molar refractivity (Wildman–Crippen MR) is 101 cm³/mol. The van der Waals surface area contributed by atoms with Crippen LogP contribution in [0.1, 0.15) is 23.4 Å². The van der Waals surface area contributed by atoms with Gasteiger partial charge in [-0.1, -0.05) is 18.2 Å². The Kier molecular flexibility index (Phi) is 3.64. The van der Waals surface area contributed by atoms with Crippen LogP contribution >= 0.6 is 35.2 Å². The monoisotopic (exact) mass is 375 g/mol. The molecule has 2 saturated heterocycles. The number of hydrogen-bond acceptors (Lipinski definition) is 5. The van der Waals surface area contributed by atoms with Gasteiger partial charge in [-0.2, -0.15) is 5.26 Å². The lowest BCUT2D eigenvalue weighted by Crippen LogP contribution is -2.42. The van der Waals surface area contributed by atoms with Gasteiger partial charge in [0.25, 0.3) is 0 Å². The number of hydrazine groups is 1. The van der Waals surface area contributed by atoms with Crippen molar-refractivity contribution in [2.75, 3.05) is 18.0 Å². The maximum Gasteiger partial charge on any atom is 0.201 e. The molecule has 2 aromatic rings. The first-order valence-corrected chi connectivity index (χ1v) is 9.21. The van der Waals surface area contributed by atoms with Crippen LogP contribution in [0.2, 0.25) is 5.02 Å². The first-order chi connectivity index (χ1) is 11.5. The van der Waals surface area contributed by atoms with E-state index in [2.05, 4.69) is 27.6 Å². The Morgan fingerprint density at radius 2 is 2.08 bits per heavy atom. The van der Waals surface area contributed by atoms with E-state index in [1.165, 1.54) is 11.3 Å². The van der Waals surface area contributed by atoms with Crippen molar-refractivity contribution in [3.05, 3.63) is 34.1 Å². The molecule has 2 fully saturated rings. The van der Waals surface area contributed by atoms with E-state index in [9.17, 15) is 5.26 Å². The molecule has 24 heavy (non-hydrogen) atoms. The second kappa shape index (κ2) is 5.59. The fraction of sp³-hybridized carbons (Fsp3) is 0.312. The van der Waals surface area contributed by atoms with Crippen LogP contribution in [0.3, 0.4) is 0 Å². The van der Waals surface area contributed by atoms with Gasteiger partial charge in [-0.15, -0.1) is 11.3 Å². The number of anilines is 1. The summed E-state index contributed by atoms with van der Waals surface area (Å²) >= 11 is 13.7. The maximum atomic E-state index is 9.39. The van der Waals surface area contributed by atoms with E-state index in [0.717, 1.165) is 47.1 Å². The van der Waals surface area contributed by atoms with Crippen molar-refractivity contribution in [3.8, 4) is 6.07 Å². The minimum atomic E-state index is 0.467. The molecule has 0 unspecified atom stereocenters. The highest BCUT2D eigenvalue weighted by Gasteiger charge is 2.39. The molecule has 2 aliphatic rings. The van der Waals surface area contributed by atoms with Gasteiger partial charge in [0.1, 0.15) is 17.4 Å². The molecule has 0 aliphatic carbocycles. The Hall–Kier alpha value is -1.88. The molecule has 0 atom stereocenters. The van der Waals surface area contributed by atoms with Crippen LogP contribution in [0.4, 0.5) is 5.69 Å². The van der Waals surface area contributed by atoms with Gasteiger partial charge in [0.2, 0.25) is 5.11 Å². The van der Waals surface area contributed by atoms with Crippen molar-refractivity contribution in [1.29, 1.82) is 5.26 Å². The van der Waals surface area contributed by atoms with Gasteiger partial charge in [-0.05, 0) is 38.0 Å². The third-order valence-electron chi connectivity index (χ3n) is 4.29. The van der Waals surface area contributed by atoms with Gasteiger partial charge in [-0.25, -0.2) is 4.98 Å². The first kappa shape index (κ1) is 15.6. The molecule has 0 amide bonds. The number of thiazole rings is 1. The molecule has 1 aromatic carbocycles. The van der Waals surface area contributed by atoms with Crippen molar-refractivity contribution in [2.24, 2.45) is 0 Å². The Morgan fingerprint density at radius 3 is 2.75 bits per heavy atom. The summed E-state index contributed by atoms with van der Waals surface area (Å²) < 4.78 is 0.838. The van der Waals surface area contributed by atoms with E-state index in [0.29, 0.717) is 21.2 Å². The highest BCUT2D eigenvalue weighted by Crippen LogP contribution is 2.43. The normalized spacial score (nSPS) is 17.6. The molecule has 8 heteroatoms. The quantitative estimate of drug-likeness (QED) is 0.701. The zero-order valence-corrected chi connectivity index (χ0v) is 15.4. The molecule has 0 spiro atoms. The fourth-order valence-electron chi connectivity index (χ4n) is 3.24. The van der Waals surface area contributed by atoms with E-state index in [-0.39, 0.29) is 0 Å². The topological polar surface area (TPSA) is 46.4 Å². The third kappa shape index (κ3) is 2.10. The molecule has 0 radical (unpaired) electrons. The Morgan fingerprint density at radius 1 is 1.38 bits per heavy atom. The summed E-state index contributed by atoms with van der Waals surface area (Å²) in [5.41, 5.74) is 1.98. The van der Waals surface area contributed by atoms with Gasteiger partial charge in [0, 0.05) is 13.1 Å². The number of nitrogens with zero attached hydrogens (tertiary/aromatic N) is 5. The highest BCUT2D eigenvalue weighted by molar-refractivity contribution is 7.80. The smallest absolute Gasteiger partial charge is 0.201 e. The van der Waals surface area contributed by atoms with Crippen molar-refractivity contribution >= 4 is 56.2 Å². The number of nitriles is 1. The minimum absolute atomic E-state index is 0.467. The second-order valence-electron chi connectivity index (χ2n) is 5.76. The van der Waals surface area contributed by atoms with Crippen LogP contribution in [0, 0.1) is 18.3 Å². The zero-order chi connectivity index (χ0) is 17.0. The summed E-state index contributed by atoms with van der Waals surface area (Å²) in [6.45, 7) is 7.91. The lowest BCUT2D eigenvalue weighted by atomic mass is 10.2. The van der Waals surface area contributed by atoms with Gasteiger partial charge >= 0.3 is 0 Å². The summed E-state index contributed by atoms with van der Waals surface area (Å²) in [7, 11) is 0. The van der Waals surface area contributed by atoms with Crippen molar-refractivity contribution in [3.63, 3.8) is 0 Å². The molecule has 4 rings (SSSR count). The second-order valence-corrected chi connectivity index (χ2v) is 7.74. The Labute approximate surface area is 154 Å². The molecule has 0 saturated carbocycles. The number of aryl methyl sites for hydroxylation is 1. The summed E-state index contributed by atoms with van der Waals surface area (Å²) in [5, 5.41) is 15.6. The van der Waals surface area contributed by atoms with E-state index < -0.39 is 0 Å².